The zero-order chi connectivity index (χ0) is 14.3. The summed E-state index contributed by atoms with van der Waals surface area (Å²) in [5.74, 6) is 0. The van der Waals surface area contributed by atoms with Crippen LogP contribution in [0.25, 0.3) is 0 Å². The van der Waals surface area contributed by atoms with Crippen molar-refractivity contribution < 1.29 is 0 Å². The van der Waals surface area contributed by atoms with Gasteiger partial charge in [-0.05, 0) is 59.3 Å². The Kier molecular flexibility index (Phi) is 6.53. The van der Waals surface area contributed by atoms with Crippen molar-refractivity contribution in [1.82, 2.24) is 10.2 Å². The first-order valence-corrected chi connectivity index (χ1v) is 7.43. The van der Waals surface area contributed by atoms with E-state index >= 15 is 0 Å². The van der Waals surface area contributed by atoms with Crippen molar-refractivity contribution in [2.24, 2.45) is 0 Å². The van der Waals surface area contributed by atoms with E-state index in [2.05, 4.69) is 75.5 Å². The average Bonchev–Trinajstić information content (AvgIpc) is 2.43. The third-order valence-electron chi connectivity index (χ3n) is 4.64. The second kappa shape index (κ2) is 7.66. The number of hydrogen-bond acceptors (Lipinski definition) is 2. The molecule has 0 fully saturated rings. The molecule has 2 atom stereocenters. The number of nitrogens with one attached hydrogen (secondary N) is 1. The summed E-state index contributed by atoms with van der Waals surface area (Å²) in [6.07, 6.45) is 4.79. The highest BCUT2D eigenvalue weighted by molar-refractivity contribution is 5.14. The molecule has 0 bridgehead atoms. The molecule has 1 aromatic carbocycles. The highest BCUT2D eigenvalue weighted by atomic mass is 15.2. The summed E-state index contributed by atoms with van der Waals surface area (Å²) in [5, 5.41) is 3.52. The number of nitrogens with zero attached hydrogens (tertiary/aromatic N) is 1. The molecule has 0 saturated heterocycles. The molecule has 1 N–H and O–H groups in total. The minimum Gasteiger partial charge on any atom is -0.315 e. The van der Waals surface area contributed by atoms with Gasteiger partial charge in [0.05, 0.1) is 0 Å². The van der Waals surface area contributed by atoms with Gasteiger partial charge in [0.1, 0.15) is 0 Å². The van der Waals surface area contributed by atoms with E-state index in [9.17, 15) is 0 Å². The van der Waals surface area contributed by atoms with Gasteiger partial charge < -0.3 is 10.2 Å². The summed E-state index contributed by atoms with van der Waals surface area (Å²) in [4.78, 5) is 2.36. The number of rotatable bonds is 8. The van der Waals surface area contributed by atoms with Crippen LogP contribution >= 0.6 is 0 Å². The van der Waals surface area contributed by atoms with E-state index in [0.29, 0.717) is 6.04 Å². The monoisotopic (exact) mass is 262 g/mol. The molecule has 1 aromatic rings. The molecule has 0 heterocycles. The van der Waals surface area contributed by atoms with Crippen molar-refractivity contribution in [1.29, 1.82) is 0 Å². The third-order valence-corrected chi connectivity index (χ3v) is 4.64. The van der Waals surface area contributed by atoms with Crippen LogP contribution in [0.5, 0.6) is 0 Å². The molecule has 0 aliphatic heterocycles. The normalized spacial score (nSPS) is 16.3. The van der Waals surface area contributed by atoms with Gasteiger partial charge >= 0.3 is 0 Å². The van der Waals surface area contributed by atoms with Gasteiger partial charge in [0.25, 0.3) is 0 Å². The third kappa shape index (κ3) is 4.32. The molecule has 108 valence electrons. The summed E-state index contributed by atoms with van der Waals surface area (Å²) in [7, 11) is 6.46. The standard InChI is InChI=1S/C17H30N2/c1-6-17(2,19(4)5)16(18-3)14-10-13-15-11-8-7-9-12-15/h7-9,11-12,16,18H,6,10,13-14H2,1-5H3. The molecule has 0 saturated carbocycles. The Morgan fingerprint density at radius 2 is 1.84 bits per heavy atom. The molecule has 0 aliphatic carbocycles. The number of benzene rings is 1. The van der Waals surface area contributed by atoms with E-state index in [0.717, 1.165) is 6.42 Å². The lowest BCUT2D eigenvalue weighted by atomic mass is 9.84. The van der Waals surface area contributed by atoms with E-state index in [1.807, 2.05) is 0 Å². The van der Waals surface area contributed by atoms with Crippen molar-refractivity contribution in [3.63, 3.8) is 0 Å². The first-order valence-electron chi connectivity index (χ1n) is 7.43. The van der Waals surface area contributed by atoms with E-state index < -0.39 is 0 Å². The fourth-order valence-corrected chi connectivity index (χ4v) is 2.80. The largest absolute Gasteiger partial charge is 0.315 e. The molecular weight excluding hydrogens is 232 g/mol. The predicted octanol–water partition coefficient (Wildman–Crippen LogP) is 3.33. The van der Waals surface area contributed by atoms with Crippen molar-refractivity contribution in [2.45, 2.75) is 51.1 Å². The Balaban J connectivity index is 2.53. The van der Waals surface area contributed by atoms with Crippen molar-refractivity contribution >= 4 is 0 Å². The fraction of sp³-hybridized carbons (Fsp3) is 0.647. The molecule has 2 nitrogen and oxygen atoms in total. The van der Waals surface area contributed by atoms with Crippen LogP contribution in [0.3, 0.4) is 0 Å². The Labute approximate surface area is 119 Å². The van der Waals surface area contributed by atoms with Crippen LogP contribution < -0.4 is 5.32 Å². The van der Waals surface area contributed by atoms with Crippen LogP contribution in [0.15, 0.2) is 30.3 Å². The first kappa shape index (κ1) is 16.2. The van der Waals surface area contributed by atoms with E-state index in [-0.39, 0.29) is 5.54 Å². The minimum atomic E-state index is 0.228. The molecule has 0 aliphatic rings. The highest BCUT2D eigenvalue weighted by Gasteiger charge is 2.33. The fourth-order valence-electron chi connectivity index (χ4n) is 2.80. The SMILES string of the molecule is CCC(C)(C(CCCc1ccccc1)NC)N(C)C. The smallest absolute Gasteiger partial charge is 0.0325 e. The van der Waals surface area contributed by atoms with Crippen LogP contribution in [-0.4, -0.2) is 37.6 Å². The van der Waals surface area contributed by atoms with Gasteiger partial charge in [-0.1, -0.05) is 37.3 Å². The van der Waals surface area contributed by atoms with Gasteiger partial charge in [-0.25, -0.2) is 0 Å². The van der Waals surface area contributed by atoms with Crippen LogP contribution in [0.1, 0.15) is 38.7 Å². The maximum Gasteiger partial charge on any atom is 0.0325 e. The van der Waals surface area contributed by atoms with Crippen LogP contribution in [0.2, 0.25) is 0 Å². The molecule has 2 unspecified atom stereocenters. The summed E-state index contributed by atoms with van der Waals surface area (Å²) in [6.45, 7) is 4.64. The Morgan fingerprint density at radius 1 is 1.21 bits per heavy atom. The molecule has 2 heteroatoms. The summed E-state index contributed by atoms with van der Waals surface area (Å²) < 4.78 is 0. The Hall–Kier alpha value is -0.860. The quantitative estimate of drug-likeness (QED) is 0.773. The summed E-state index contributed by atoms with van der Waals surface area (Å²) in [6, 6.07) is 11.3. The number of likely N-dealkylation sites (N-methyl/N-ethyl adjacent to an activating group) is 2. The summed E-state index contributed by atoms with van der Waals surface area (Å²) in [5.41, 5.74) is 1.67. The van der Waals surface area contributed by atoms with Gasteiger partial charge in [-0.3, -0.25) is 0 Å². The second-order valence-corrected chi connectivity index (χ2v) is 5.82. The van der Waals surface area contributed by atoms with Crippen LogP contribution in [0, 0.1) is 0 Å². The van der Waals surface area contributed by atoms with E-state index in [1.54, 1.807) is 0 Å². The molecule has 0 spiro atoms. The predicted molar refractivity (Wildman–Crippen MR) is 84.6 cm³/mol. The van der Waals surface area contributed by atoms with Crippen molar-refractivity contribution in [2.75, 3.05) is 21.1 Å². The molecular formula is C17H30N2. The second-order valence-electron chi connectivity index (χ2n) is 5.82. The first-order chi connectivity index (χ1) is 9.04. The molecule has 0 radical (unpaired) electrons. The highest BCUT2D eigenvalue weighted by Crippen LogP contribution is 2.24. The van der Waals surface area contributed by atoms with Gasteiger partial charge in [0.15, 0.2) is 0 Å². The number of hydrogen-bond donors (Lipinski definition) is 1. The lowest BCUT2D eigenvalue weighted by molar-refractivity contribution is 0.111. The Morgan fingerprint density at radius 3 is 2.32 bits per heavy atom. The lowest BCUT2D eigenvalue weighted by Gasteiger charge is -2.42. The van der Waals surface area contributed by atoms with E-state index in [4.69, 9.17) is 0 Å². The van der Waals surface area contributed by atoms with Gasteiger partial charge in [-0.15, -0.1) is 0 Å². The molecule has 19 heavy (non-hydrogen) atoms. The molecule has 1 rings (SSSR count). The topological polar surface area (TPSA) is 15.3 Å². The van der Waals surface area contributed by atoms with Crippen LogP contribution in [-0.2, 0) is 6.42 Å². The van der Waals surface area contributed by atoms with E-state index in [1.165, 1.54) is 24.8 Å². The zero-order valence-corrected chi connectivity index (χ0v) is 13.2. The maximum atomic E-state index is 3.52. The average molecular weight is 262 g/mol. The maximum absolute atomic E-state index is 3.52. The van der Waals surface area contributed by atoms with Crippen molar-refractivity contribution in [3.8, 4) is 0 Å². The van der Waals surface area contributed by atoms with Gasteiger partial charge in [-0.2, -0.15) is 0 Å². The van der Waals surface area contributed by atoms with Crippen molar-refractivity contribution in [3.05, 3.63) is 35.9 Å². The summed E-state index contributed by atoms with van der Waals surface area (Å²) >= 11 is 0. The lowest BCUT2D eigenvalue weighted by Crippen LogP contribution is -2.56. The number of aryl methyl sites for hydroxylation is 1. The van der Waals surface area contributed by atoms with Gasteiger partial charge in [0, 0.05) is 11.6 Å². The van der Waals surface area contributed by atoms with Gasteiger partial charge in [0.2, 0.25) is 0 Å². The molecule has 0 amide bonds. The van der Waals surface area contributed by atoms with Crippen LogP contribution in [0.4, 0.5) is 0 Å². The molecule has 0 aromatic heterocycles. The Bertz CT molecular complexity index is 348. The minimum absolute atomic E-state index is 0.228. The zero-order valence-electron chi connectivity index (χ0n) is 13.2.